The minimum atomic E-state index is -1.63. The summed E-state index contributed by atoms with van der Waals surface area (Å²) < 4.78 is 0. The number of amides is 1. The molecule has 0 aromatic rings. The Balaban J connectivity index is 4.57. The monoisotopic (exact) mass is 277 g/mol. The zero-order valence-corrected chi connectivity index (χ0v) is 11.7. The summed E-state index contributed by atoms with van der Waals surface area (Å²) in [6.45, 7) is 5.52. The smallest absolute Gasteiger partial charge is 0.333 e. The van der Waals surface area contributed by atoms with Gasteiger partial charge in [0.15, 0.2) is 6.10 Å². The molecule has 0 saturated heterocycles. The number of aliphatic hydroxyl groups is 3. The van der Waals surface area contributed by atoms with Crippen LogP contribution in [0, 0.1) is 10.8 Å². The average molecular weight is 277 g/mol. The quantitative estimate of drug-likeness (QED) is 0.404. The molecule has 0 rings (SSSR count). The van der Waals surface area contributed by atoms with Crippen LogP contribution < -0.4 is 5.32 Å². The molecule has 0 radical (unpaired) electrons. The van der Waals surface area contributed by atoms with E-state index in [9.17, 15) is 19.8 Å². The van der Waals surface area contributed by atoms with Crippen molar-refractivity contribution in [2.45, 2.75) is 39.9 Å². The number of nitrogens with one attached hydrogen (secondary N) is 1. The maximum Gasteiger partial charge on any atom is 0.333 e. The molecule has 0 aliphatic rings. The van der Waals surface area contributed by atoms with Crippen molar-refractivity contribution < 1.29 is 30.0 Å². The van der Waals surface area contributed by atoms with Crippen LogP contribution in [0.3, 0.4) is 0 Å². The van der Waals surface area contributed by atoms with Crippen molar-refractivity contribution >= 4 is 11.9 Å². The molecule has 0 fully saturated rings. The van der Waals surface area contributed by atoms with Gasteiger partial charge in [0.25, 0.3) is 0 Å². The second kappa shape index (κ2) is 6.31. The molecule has 112 valence electrons. The summed E-state index contributed by atoms with van der Waals surface area (Å²) in [5.74, 6) is -2.10. The molecule has 7 nitrogen and oxygen atoms in total. The number of carbonyl (C=O) groups excluding carboxylic acids is 1. The van der Waals surface area contributed by atoms with Crippen LogP contribution >= 0.6 is 0 Å². The summed E-state index contributed by atoms with van der Waals surface area (Å²) in [6.07, 6.45) is -3.05. The van der Waals surface area contributed by atoms with E-state index < -0.39 is 34.9 Å². The lowest BCUT2D eigenvalue weighted by molar-refractivity contribution is -0.154. The summed E-state index contributed by atoms with van der Waals surface area (Å²) in [5.41, 5.74) is -2.08. The number of hydrogen-bond acceptors (Lipinski definition) is 5. The van der Waals surface area contributed by atoms with E-state index >= 15 is 0 Å². The molecule has 0 spiro atoms. The Kier molecular flexibility index (Phi) is 5.92. The standard InChI is InChI=1S/C12H23NO6/c1-11(2,8(16)10(18)19)5-13-9(17)7(15)12(3,4)6-14/h7-8,14-16H,5-6H2,1-4H3,(H,13,17)(H,18,19)/t7-,8+/m0/s1. The number of carbonyl (C=O) groups is 2. The van der Waals surface area contributed by atoms with E-state index in [1.165, 1.54) is 27.7 Å². The van der Waals surface area contributed by atoms with Gasteiger partial charge in [0.05, 0.1) is 6.61 Å². The van der Waals surface area contributed by atoms with E-state index in [1.807, 2.05) is 0 Å². The Labute approximate surface area is 112 Å². The molecule has 2 atom stereocenters. The van der Waals surface area contributed by atoms with E-state index in [1.54, 1.807) is 0 Å². The maximum absolute atomic E-state index is 11.7. The predicted molar refractivity (Wildman–Crippen MR) is 67.3 cm³/mol. The third kappa shape index (κ3) is 4.77. The van der Waals surface area contributed by atoms with Gasteiger partial charge >= 0.3 is 5.97 Å². The summed E-state index contributed by atoms with van der Waals surface area (Å²) in [6, 6.07) is 0. The van der Waals surface area contributed by atoms with Crippen LogP contribution in [0.2, 0.25) is 0 Å². The van der Waals surface area contributed by atoms with Gasteiger partial charge in [-0.3, -0.25) is 4.79 Å². The SMILES string of the molecule is CC(C)(CNC(=O)[C@H](O)C(C)(C)CO)[C@H](O)C(=O)O. The van der Waals surface area contributed by atoms with Gasteiger partial charge in [-0.25, -0.2) is 4.79 Å². The van der Waals surface area contributed by atoms with Crippen LogP contribution in [0.25, 0.3) is 0 Å². The largest absolute Gasteiger partial charge is 0.479 e. The molecule has 7 heteroatoms. The lowest BCUT2D eigenvalue weighted by atomic mass is 9.85. The molecule has 0 saturated carbocycles. The molecule has 1 amide bonds. The number of carboxylic acid groups (broad SMARTS) is 1. The van der Waals surface area contributed by atoms with Gasteiger partial charge in [0.2, 0.25) is 5.91 Å². The summed E-state index contributed by atoms with van der Waals surface area (Å²) >= 11 is 0. The number of hydrogen-bond donors (Lipinski definition) is 5. The van der Waals surface area contributed by atoms with Crippen LogP contribution in [0.1, 0.15) is 27.7 Å². The van der Waals surface area contributed by atoms with E-state index in [2.05, 4.69) is 5.32 Å². The minimum Gasteiger partial charge on any atom is -0.479 e. The fraction of sp³-hybridized carbons (Fsp3) is 0.833. The first-order chi connectivity index (χ1) is 8.45. The van der Waals surface area contributed by atoms with Gasteiger partial charge in [0.1, 0.15) is 6.10 Å². The van der Waals surface area contributed by atoms with Crippen LogP contribution in [0.4, 0.5) is 0 Å². The lowest BCUT2D eigenvalue weighted by Gasteiger charge is -2.31. The number of aliphatic carboxylic acids is 1. The first-order valence-electron chi connectivity index (χ1n) is 5.93. The molecule has 0 bridgehead atoms. The van der Waals surface area contributed by atoms with Crippen molar-refractivity contribution in [2.75, 3.05) is 13.2 Å². The molecule has 0 aromatic heterocycles. The van der Waals surface area contributed by atoms with Crippen molar-refractivity contribution in [1.82, 2.24) is 5.32 Å². The van der Waals surface area contributed by atoms with Crippen molar-refractivity contribution in [3.05, 3.63) is 0 Å². The Morgan fingerprint density at radius 3 is 1.89 bits per heavy atom. The Morgan fingerprint density at radius 2 is 1.53 bits per heavy atom. The molecule has 0 aliphatic carbocycles. The first-order valence-corrected chi connectivity index (χ1v) is 5.93. The van der Waals surface area contributed by atoms with Gasteiger partial charge in [-0.2, -0.15) is 0 Å². The molecular weight excluding hydrogens is 254 g/mol. The molecule has 19 heavy (non-hydrogen) atoms. The van der Waals surface area contributed by atoms with Crippen LogP contribution in [-0.2, 0) is 9.59 Å². The second-order valence-corrected chi connectivity index (χ2v) is 6.00. The fourth-order valence-electron chi connectivity index (χ4n) is 1.28. The van der Waals surface area contributed by atoms with Crippen molar-refractivity contribution in [1.29, 1.82) is 0 Å². The molecule has 5 N–H and O–H groups in total. The van der Waals surface area contributed by atoms with E-state index in [4.69, 9.17) is 10.2 Å². The maximum atomic E-state index is 11.7. The highest BCUT2D eigenvalue weighted by Crippen LogP contribution is 2.22. The molecule has 0 aromatic carbocycles. The minimum absolute atomic E-state index is 0.113. The highest BCUT2D eigenvalue weighted by molar-refractivity contribution is 5.81. The van der Waals surface area contributed by atoms with Crippen molar-refractivity contribution in [3.8, 4) is 0 Å². The second-order valence-electron chi connectivity index (χ2n) is 6.00. The third-order valence-electron chi connectivity index (χ3n) is 3.09. The van der Waals surface area contributed by atoms with Crippen LogP contribution in [-0.4, -0.2) is 57.7 Å². The topological polar surface area (TPSA) is 127 Å². The van der Waals surface area contributed by atoms with Crippen LogP contribution in [0.15, 0.2) is 0 Å². The zero-order chi connectivity index (χ0) is 15.4. The van der Waals surface area contributed by atoms with Gasteiger partial charge in [0, 0.05) is 17.4 Å². The van der Waals surface area contributed by atoms with Gasteiger partial charge < -0.3 is 25.7 Å². The van der Waals surface area contributed by atoms with Gasteiger partial charge in [-0.1, -0.05) is 27.7 Å². The lowest BCUT2D eigenvalue weighted by Crippen LogP contribution is -2.50. The first kappa shape index (κ1) is 17.8. The number of carboxylic acids is 1. The average Bonchev–Trinajstić information content (AvgIpc) is 2.33. The fourth-order valence-corrected chi connectivity index (χ4v) is 1.28. The summed E-state index contributed by atoms with van der Waals surface area (Å²) in [5, 5.41) is 39.3. The van der Waals surface area contributed by atoms with E-state index in [0.717, 1.165) is 0 Å². The highest BCUT2D eigenvalue weighted by Gasteiger charge is 2.37. The molecule has 0 heterocycles. The summed E-state index contributed by atoms with van der Waals surface area (Å²) in [7, 11) is 0. The number of rotatable bonds is 7. The predicted octanol–water partition coefficient (Wildman–Crippen LogP) is -1.05. The van der Waals surface area contributed by atoms with Gasteiger partial charge in [-0.05, 0) is 0 Å². The highest BCUT2D eigenvalue weighted by atomic mass is 16.4. The normalized spacial score (nSPS) is 15.7. The van der Waals surface area contributed by atoms with Crippen LogP contribution in [0.5, 0.6) is 0 Å². The molecular formula is C12H23NO6. The van der Waals surface area contributed by atoms with Gasteiger partial charge in [-0.15, -0.1) is 0 Å². The van der Waals surface area contributed by atoms with E-state index in [-0.39, 0.29) is 13.2 Å². The molecule has 0 aliphatic heterocycles. The zero-order valence-electron chi connectivity index (χ0n) is 11.7. The van der Waals surface area contributed by atoms with E-state index in [0.29, 0.717) is 0 Å². The summed E-state index contributed by atoms with van der Waals surface area (Å²) in [4.78, 5) is 22.4. The Morgan fingerprint density at radius 1 is 1.05 bits per heavy atom. The van der Waals surface area contributed by atoms with Crippen molar-refractivity contribution in [3.63, 3.8) is 0 Å². The Hall–Kier alpha value is -1.18. The van der Waals surface area contributed by atoms with Crippen molar-refractivity contribution in [2.24, 2.45) is 10.8 Å². The number of aliphatic hydroxyl groups excluding tert-OH is 3. The molecule has 0 unspecified atom stereocenters. The third-order valence-corrected chi connectivity index (χ3v) is 3.09. The Bertz CT molecular complexity index is 339.